The predicted octanol–water partition coefficient (Wildman–Crippen LogP) is 3.55. The van der Waals surface area contributed by atoms with E-state index in [0.29, 0.717) is 25.9 Å². The van der Waals surface area contributed by atoms with E-state index in [4.69, 9.17) is 0 Å². The number of benzene rings is 2. The van der Waals surface area contributed by atoms with E-state index >= 15 is 0 Å². The van der Waals surface area contributed by atoms with Crippen LogP contribution in [-0.4, -0.2) is 29.8 Å². The first kappa shape index (κ1) is 18.1. The van der Waals surface area contributed by atoms with Crippen molar-refractivity contribution in [1.82, 2.24) is 4.90 Å². The van der Waals surface area contributed by atoms with Crippen LogP contribution in [0.4, 0.5) is 10.1 Å². The molecule has 0 spiro atoms. The van der Waals surface area contributed by atoms with Gasteiger partial charge in [0.1, 0.15) is 5.82 Å². The molecule has 2 amide bonds. The Morgan fingerprint density at radius 2 is 1.65 bits per heavy atom. The van der Waals surface area contributed by atoms with Crippen LogP contribution in [0.25, 0.3) is 0 Å². The molecule has 26 heavy (non-hydrogen) atoms. The van der Waals surface area contributed by atoms with Gasteiger partial charge in [0.2, 0.25) is 11.8 Å². The number of nitrogens with one attached hydrogen (secondary N) is 1. The molecule has 1 fully saturated rings. The predicted molar refractivity (Wildman–Crippen MR) is 99.2 cm³/mol. The average molecular weight is 354 g/mol. The smallest absolute Gasteiger partial charge is 0.227 e. The second-order valence-electron chi connectivity index (χ2n) is 6.81. The summed E-state index contributed by atoms with van der Waals surface area (Å²) in [6, 6.07) is 13.7. The first-order valence-electron chi connectivity index (χ1n) is 8.91. The lowest BCUT2D eigenvalue weighted by Crippen LogP contribution is -2.42. The topological polar surface area (TPSA) is 49.4 Å². The van der Waals surface area contributed by atoms with Gasteiger partial charge in [0, 0.05) is 24.7 Å². The maximum absolute atomic E-state index is 12.9. The highest BCUT2D eigenvalue weighted by atomic mass is 19.1. The van der Waals surface area contributed by atoms with Gasteiger partial charge in [0.15, 0.2) is 0 Å². The summed E-state index contributed by atoms with van der Waals surface area (Å²) in [5, 5.41) is 2.95. The van der Waals surface area contributed by atoms with E-state index in [1.54, 1.807) is 17.0 Å². The zero-order valence-electron chi connectivity index (χ0n) is 14.9. The fourth-order valence-corrected chi connectivity index (χ4v) is 3.16. The lowest BCUT2D eigenvalue weighted by Gasteiger charge is -2.31. The minimum Gasteiger partial charge on any atom is -0.342 e. The molecule has 0 aromatic heterocycles. The molecule has 2 aromatic carbocycles. The summed E-state index contributed by atoms with van der Waals surface area (Å²) in [6.07, 6.45) is 1.58. The lowest BCUT2D eigenvalue weighted by atomic mass is 9.95. The van der Waals surface area contributed by atoms with E-state index in [1.165, 1.54) is 12.1 Å². The van der Waals surface area contributed by atoms with Crippen molar-refractivity contribution in [3.05, 3.63) is 65.5 Å². The normalized spacial score (nSPS) is 14.9. The number of carbonyl (C=O) groups is 2. The quantitative estimate of drug-likeness (QED) is 0.913. The Labute approximate surface area is 153 Å². The van der Waals surface area contributed by atoms with Crippen molar-refractivity contribution in [2.24, 2.45) is 5.92 Å². The van der Waals surface area contributed by atoms with Crippen molar-refractivity contribution in [2.75, 3.05) is 18.4 Å². The molecule has 2 aromatic rings. The van der Waals surface area contributed by atoms with Crippen LogP contribution < -0.4 is 5.32 Å². The largest absolute Gasteiger partial charge is 0.342 e. The number of hydrogen-bond donors (Lipinski definition) is 1. The number of anilines is 1. The SMILES string of the molecule is Cc1ccc(NC(=O)C2CCN(C(=O)Cc3ccc(F)cc3)CC2)cc1. The van der Waals surface area contributed by atoms with Crippen molar-refractivity contribution >= 4 is 17.5 Å². The van der Waals surface area contributed by atoms with Crippen LogP contribution in [0.3, 0.4) is 0 Å². The van der Waals surface area contributed by atoms with E-state index in [0.717, 1.165) is 16.8 Å². The minimum atomic E-state index is -0.304. The average Bonchev–Trinajstić information content (AvgIpc) is 2.65. The van der Waals surface area contributed by atoms with Crippen LogP contribution in [0.15, 0.2) is 48.5 Å². The van der Waals surface area contributed by atoms with E-state index in [2.05, 4.69) is 5.32 Å². The molecule has 0 radical (unpaired) electrons. The van der Waals surface area contributed by atoms with Gasteiger partial charge < -0.3 is 10.2 Å². The summed E-state index contributed by atoms with van der Waals surface area (Å²) in [5.74, 6) is -0.346. The standard InChI is InChI=1S/C21H23FN2O2/c1-15-2-8-19(9-3-15)23-21(26)17-10-12-24(13-11-17)20(25)14-16-4-6-18(22)7-5-16/h2-9,17H,10-14H2,1H3,(H,23,26). The van der Waals surface area contributed by atoms with Gasteiger partial charge >= 0.3 is 0 Å². The molecule has 0 saturated carbocycles. The molecule has 0 unspecified atom stereocenters. The molecule has 4 nitrogen and oxygen atoms in total. The lowest BCUT2D eigenvalue weighted by molar-refractivity contribution is -0.133. The summed E-state index contributed by atoms with van der Waals surface area (Å²) in [6.45, 7) is 3.16. The minimum absolute atomic E-state index is 0.0134. The highest BCUT2D eigenvalue weighted by Crippen LogP contribution is 2.20. The molecule has 3 rings (SSSR count). The zero-order chi connectivity index (χ0) is 18.5. The van der Waals surface area contributed by atoms with E-state index in [9.17, 15) is 14.0 Å². The Morgan fingerprint density at radius 1 is 1.04 bits per heavy atom. The van der Waals surface area contributed by atoms with Crippen LogP contribution in [-0.2, 0) is 16.0 Å². The third-order valence-electron chi connectivity index (χ3n) is 4.81. The molecule has 5 heteroatoms. The number of carbonyl (C=O) groups excluding carboxylic acids is 2. The Morgan fingerprint density at radius 3 is 2.27 bits per heavy atom. The molecule has 1 saturated heterocycles. The monoisotopic (exact) mass is 354 g/mol. The van der Waals surface area contributed by atoms with Gasteiger partial charge in [-0.1, -0.05) is 29.8 Å². The van der Waals surface area contributed by atoms with Crippen molar-refractivity contribution in [3.63, 3.8) is 0 Å². The van der Waals surface area contributed by atoms with Crippen LogP contribution in [0.1, 0.15) is 24.0 Å². The summed E-state index contributed by atoms with van der Waals surface area (Å²) in [4.78, 5) is 26.6. The number of hydrogen-bond acceptors (Lipinski definition) is 2. The molecule has 1 heterocycles. The van der Waals surface area contributed by atoms with Gasteiger partial charge in [-0.15, -0.1) is 0 Å². The molecule has 136 valence electrons. The number of rotatable bonds is 4. The molecule has 1 aliphatic heterocycles. The van der Waals surface area contributed by atoms with E-state index in [1.807, 2.05) is 31.2 Å². The number of amides is 2. The van der Waals surface area contributed by atoms with Gasteiger partial charge in [-0.25, -0.2) is 4.39 Å². The number of piperidine rings is 1. The fourth-order valence-electron chi connectivity index (χ4n) is 3.16. The molecular formula is C21H23FN2O2. The third kappa shape index (κ3) is 4.69. The molecule has 0 atom stereocenters. The van der Waals surface area contributed by atoms with E-state index in [-0.39, 0.29) is 30.0 Å². The summed E-state index contributed by atoms with van der Waals surface area (Å²) in [5.41, 5.74) is 2.75. The molecular weight excluding hydrogens is 331 g/mol. The number of likely N-dealkylation sites (tertiary alicyclic amines) is 1. The number of nitrogens with zero attached hydrogens (tertiary/aromatic N) is 1. The van der Waals surface area contributed by atoms with Crippen molar-refractivity contribution in [2.45, 2.75) is 26.2 Å². The maximum atomic E-state index is 12.9. The summed E-state index contributed by atoms with van der Waals surface area (Å²) < 4.78 is 12.9. The van der Waals surface area contributed by atoms with Crippen LogP contribution in [0, 0.1) is 18.7 Å². The van der Waals surface area contributed by atoms with Crippen LogP contribution >= 0.6 is 0 Å². The Bertz CT molecular complexity index is 696. The summed E-state index contributed by atoms with van der Waals surface area (Å²) >= 11 is 0. The third-order valence-corrected chi connectivity index (χ3v) is 4.81. The van der Waals surface area contributed by atoms with Crippen LogP contribution in [0.5, 0.6) is 0 Å². The van der Waals surface area contributed by atoms with Crippen molar-refractivity contribution < 1.29 is 14.0 Å². The maximum Gasteiger partial charge on any atom is 0.227 e. The molecule has 0 aliphatic carbocycles. The molecule has 0 bridgehead atoms. The Kier molecular flexibility index (Phi) is 5.66. The van der Waals surface area contributed by atoms with Gasteiger partial charge in [-0.2, -0.15) is 0 Å². The van der Waals surface area contributed by atoms with Crippen molar-refractivity contribution in [3.8, 4) is 0 Å². The van der Waals surface area contributed by atoms with E-state index < -0.39 is 0 Å². The van der Waals surface area contributed by atoms with Crippen molar-refractivity contribution in [1.29, 1.82) is 0 Å². The van der Waals surface area contributed by atoms with Gasteiger partial charge in [0.05, 0.1) is 6.42 Å². The Balaban J connectivity index is 1.48. The van der Waals surface area contributed by atoms with Gasteiger partial charge in [-0.05, 0) is 49.6 Å². The van der Waals surface area contributed by atoms with Crippen LogP contribution in [0.2, 0.25) is 0 Å². The van der Waals surface area contributed by atoms with Gasteiger partial charge in [-0.3, -0.25) is 9.59 Å². The second-order valence-corrected chi connectivity index (χ2v) is 6.81. The van der Waals surface area contributed by atoms with Gasteiger partial charge in [0.25, 0.3) is 0 Å². The highest BCUT2D eigenvalue weighted by Gasteiger charge is 2.27. The second kappa shape index (κ2) is 8.13. The highest BCUT2D eigenvalue weighted by molar-refractivity contribution is 5.92. The molecule has 1 N–H and O–H groups in total. The summed E-state index contributed by atoms with van der Waals surface area (Å²) in [7, 11) is 0. The number of halogens is 1. The Hall–Kier alpha value is -2.69. The number of aryl methyl sites for hydroxylation is 1. The first-order chi connectivity index (χ1) is 12.5. The fraction of sp³-hybridized carbons (Fsp3) is 0.333. The first-order valence-corrected chi connectivity index (χ1v) is 8.91. The zero-order valence-corrected chi connectivity index (χ0v) is 14.9. The molecule has 1 aliphatic rings.